The van der Waals surface area contributed by atoms with E-state index < -0.39 is 0 Å². The Morgan fingerprint density at radius 3 is 2.81 bits per heavy atom. The Hall–Kier alpha value is -2.01. The van der Waals surface area contributed by atoms with Gasteiger partial charge in [0.15, 0.2) is 0 Å². The van der Waals surface area contributed by atoms with Crippen molar-refractivity contribution in [2.75, 3.05) is 5.73 Å². The highest BCUT2D eigenvalue weighted by Gasteiger charge is 2.11. The molecule has 1 heterocycles. The molecule has 5 heteroatoms. The number of halogens is 1. The number of benzene rings is 2. The molecule has 0 saturated carbocycles. The largest absolute Gasteiger partial charge is 0.485 e. The molecule has 4 nitrogen and oxygen atoms in total. The lowest BCUT2D eigenvalue weighted by molar-refractivity contribution is 0.301. The fourth-order valence-electron chi connectivity index (χ4n) is 2.49. The van der Waals surface area contributed by atoms with Gasteiger partial charge in [-0.05, 0) is 30.7 Å². The first-order valence-corrected chi connectivity index (χ1v) is 7.44. The zero-order valence-electron chi connectivity index (χ0n) is 11.9. The predicted molar refractivity (Wildman–Crippen MR) is 88.3 cm³/mol. The number of rotatable bonds is 3. The zero-order chi connectivity index (χ0) is 15.0. The normalized spacial score (nSPS) is 11.0. The van der Waals surface area contributed by atoms with E-state index in [1.165, 1.54) is 0 Å². The van der Waals surface area contributed by atoms with Crippen LogP contribution in [-0.4, -0.2) is 9.78 Å². The summed E-state index contributed by atoms with van der Waals surface area (Å²) in [6.45, 7) is 2.38. The van der Waals surface area contributed by atoms with E-state index in [1.807, 2.05) is 49.0 Å². The molecule has 0 fully saturated rings. The number of hydrogen-bond acceptors (Lipinski definition) is 3. The van der Waals surface area contributed by atoms with Crippen LogP contribution < -0.4 is 10.5 Å². The van der Waals surface area contributed by atoms with Gasteiger partial charge in [-0.25, -0.2) is 0 Å². The molecule has 0 aliphatic rings. The minimum atomic E-state index is 0.397. The van der Waals surface area contributed by atoms with E-state index >= 15 is 0 Å². The van der Waals surface area contributed by atoms with Crippen LogP contribution in [0.3, 0.4) is 0 Å². The lowest BCUT2D eigenvalue weighted by Crippen LogP contribution is -2.02. The van der Waals surface area contributed by atoms with Crippen molar-refractivity contribution < 1.29 is 4.74 Å². The number of nitrogen functional groups attached to an aromatic ring is 1. The van der Waals surface area contributed by atoms with Crippen LogP contribution in [0.25, 0.3) is 10.9 Å². The SMILES string of the molecule is Cc1cc(Br)cc(N)c1OCc1nn(C)c2ccccc12. The molecule has 3 aromatic rings. The average molecular weight is 346 g/mol. The Labute approximate surface area is 131 Å². The van der Waals surface area contributed by atoms with Gasteiger partial charge >= 0.3 is 0 Å². The van der Waals surface area contributed by atoms with E-state index in [-0.39, 0.29) is 0 Å². The van der Waals surface area contributed by atoms with Gasteiger partial charge in [-0.2, -0.15) is 5.10 Å². The number of hydrogen-bond donors (Lipinski definition) is 1. The van der Waals surface area contributed by atoms with Crippen LogP contribution in [0, 0.1) is 6.92 Å². The predicted octanol–water partition coefficient (Wildman–Crippen LogP) is 3.81. The van der Waals surface area contributed by atoms with E-state index in [0.29, 0.717) is 18.0 Å². The first-order chi connectivity index (χ1) is 10.1. The molecular formula is C16H16BrN3O. The monoisotopic (exact) mass is 345 g/mol. The molecule has 0 aliphatic carbocycles. The molecule has 2 aromatic carbocycles. The number of nitrogens with zero attached hydrogens (tertiary/aromatic N) is 2. The van der Waals surface area contributed by atoms with E-state index in [1.54, 1.807) is 0 Å². The summed E-state index contributed by atoms with van der Waals surface area (Å²) < 4.78 is 8.73. The quantitative estimate of drug-likeness (QED) is 0.734. The zero-order valence-corrected chi connectivity index (χ0v) is 13.5. The second kappa shape index (κ2) is 5.41. The Kier molecular flexibility index (Phi) is 3.59. The van der Waals surface area contributed by atoms with Crippen molar-refractivity contribution >= 4 is 32.5 Å². The van der Waals surface area contributed by atoms with Crippen LogP contribution in [0.1, 0.15) is 11.3 Å². The van der Waals surface area contributed by atoms with Gasteiger partial charge in [0.1, 0.15) is 18.1 Å². The summed E-state index contributed by atoms with van der Waals surface area (Å²) in [5, 5.41) is 5.63. The van der Waals surface area contributed by atoms with Crippen molar-refractivity contribution in [3.8, 4) is 5.75 Å². The Balaban J connectivity index is 1.91. The summed E-state index contributed by atoms with van der Waals surface area (Å²) in [5.41, 5.74) is 9.66. The molecule has 0 unspecified atom stereocenters. The molecule has 0 atom stereocenters. The molecule has 2 N–H and O–H groups in total. The fraction of sp³-hybridized carbons (Fsp3) is 0.188. The van der Waals surface area contributed by atoms with Crippen molar-refractivity contribution in [2.24, 2.45) is 7.05 Å². The van der Waals surface area contributed by atoms with Crippen LogP contribution in [0.5, 0.6) is 5.75 Å². The molecule has 108 valence electrons. The van der Waals surface area contributed by atoms with Gasteiger partial charge in [-0.3, -0.25) is 4.68 Å². The van der Waals surface area contributed by atoms with Crippen molar-refractivity contribution in [3.63, 3.8) is 0 Å². The number of fused-ring (bicyclic) bond motifs is 1. The first-order valence-electron chi connectivity index (χ1n) is 6.65. The van der Waals surface area contributed by atoms with Gasteiger partial charge in [-0.15, -0.1) is 0 Å². The van der Waals surface area contributed by atoms with Gasteiger partial charge < -0.3 is 10.5 Å². The van der Waals surface area contributed by atoms with Crippen molar-refractivity contribution in [1.82, 2.24) is 9.78 Å². The summed E-state index contributed by atoms with van der Waals surface area (Å²) in [5.74, 6) is 0.716. The highest BCUT2D eigenvalue weighted by atomic mass is 79.9. The Morgan fingerprint density at radius 2 is 2.05 bits per heavy atom. The Bertz CT molecular complexity index is 787. The smallest absolute Gasteiger partial charge is 0.145 e. The van der Waals surface area contributed by atoms with Crippen LogP contribution in [-0.2, 0) is 13.7 Å². The summed E-state index contributed by atoms with van der Waals surface area (Å²) in [6.07, 6.45) is 0. The third kappa shape index (κ3) is 2.61. The van der Waals surface area contributed by atoms with E-state index in [9.17, 15) is 0 Å². The van der Waals surface area contributed by atoms with Gasteiger partial charge in [0.25, 0.3) is 0 Å². The molecule has 3 rings (SSSR count). The maximum atomic E-state index is 6.02. The standard InChI is InChI=1S/C16H16BrN3O/c1-10-7-11(17)8-13(18)16(10)21-9-14-12-5-3-4-6-15(12)20(2)19-14/h3-8H,9,18H2,1-2H3. The molecule has 0 spiro atoms. The first kappa shape index (κ1) is 13.9. The molecule has 0 amide bonds. The highest BCUT2D eigenvalue weighted by molar-refractivity contribution is 9.10. The number of aryl methyl sites for hydroxylation is 2. The van der Waals surface area contributed by atoms with Crippen molar-refractivity contribution in [1.29, 1.82) is 0 Å². The lowest BCUT2D eigenvalue weighted by Gasteiger charge is -2.11. The molecule has 21 heavy (non-hydrogen) atoms. The minimum Gasteiger partial charge on any atom is -0.485 e. The number of ether oxygens (including phenoxy) is 1. The highest BCUT2D eigenvalue weighted by Crippen LogP contribution is 2.31. The van der Waals surface area contributed by atoms with Crippen LogP contribution in [0.4, 0.5) is 5.69 Å². The fourth-order valence-corrected chi connectivity index (χ4v) is 3.08. The number of nitrogens with two attached hydrogens (primary N) is 1. The maximum absolute atomic E-state index is 6.02. The number of anilines is 1. The summed E-state index contributed by atoms with van der Waals surface area (Å²) in [7, 11) is 1.94. The summed E-state index contributed by atoms with van der Waals surface area (Å²) in [6, 6.07) is 11.9. The summed E-state index contributed by atoms with van der Waals surface area (Å²) >= 11 is 3.43. The maximum Gasteiger partial charge on any atom is 0.145 e. The van der Waals surface area contributed by atoms with Crippen LogP contribution >= 0.6 is 15.9 Å². The van der Waals surface area contributed by atoms with E-state index in [4.69, 9.17) is 10.5 Å². The van der Waals surface area contributed by atoms with Gasteiger partial charge in [0, 0.05) is 16.9 Å². The molecule has 0 radical (unpaired) electrons. The number of para-hydroxylation sites is 1. The molecule has 1 aromatic heterocycles. The van der Waals surface area contributed by atoms with Crippen molar-refractivity contribution in [2.45, 2.75) is 13.5 Å². The molecular weight excluding hydrogens is 330 g/mol. The minimum absolute atomic E-state index is 0.397. The third-order valence-electron chi connectivity index (χ3n) is 3.46. The van der Waals surface area contributed by atoms with Gasteiger partial charge in [0.2, 0.25) is 0 Å². The topological polar surface area (TPSA) is 53.1 Å². The second-order valence-electron chi connectivity index (χ2n) is 5.02. The lowest BCUT2D eigenvalue weighted by atomic mass is 10.2. The van der Waals surface area contributed by atoms with Crippen LogP contribution in [0.15, 0.2) is 40.9 Å². The van der Waals surface area contributed by atoms with Gasteiger partial charge in [-0.1, -0.05) is 34.1 Å². The van der Waals surface area contributed by atoms with E-state index in [0.717, 1.165) is 26.6 Å². The van der Waals surface area contributed by atoms with E-state index in [2.05, 4.69) is 27.1 Å². The number of aromatic nitrogens is 2. The van der Waals surface area contributed by atoms with Crippen molar-refractivity contribution in [3.05, 3.63) is 52.1 Å². The summed E-state index contributed by atoms with van der Waals surface area (Å²) in [4.78, 5) is 0. The van der Waals surface area contributed by atoms with Gasteiger partial charge in [0.05, 0.1) is 11.2 Å². The second-order valence-corrected chi connectivity index (χ2v) is 5.93. The third-order valence-corrected chi connectivity index (χ3v) is 3.91. The van der Waals surface area contributed by atoms with Crippen LogP contribution in [0.2, 0.25) is 0 Å². The average Bonchev–Trinajstić information content (AvgIpc) is 2.75. The Morgan fingerprint density at radius 1 is 1.29 bits per heavy atom. The molecule has 0 bridgehead atoms. The molecule has 0 saturated heterocycles. The molecule has 0 aliphatic heterocycles.